The largest absolute Gasteiger partial charge is 2.00 e. The Morgan fingerprint density at radius 3 is 1.31 bits per heavy atom. The van der Waals surface area contributed by atoms with Crippen molar-refractivity contribution >= 4 is 86.1 Å². The zero-order valence-electron chi connectivity index (χ0n) is 21.3. The van der Waals surface area contributed by atoms with E-state index in [1.807, 2.05) is 0 Å². The Hall–Kier alpha value is 1.21. The summed E-state index contributed by atoms with van der Waals surface area (Å²) in [6.07, 6.45) is 10.2. The minimum absolute atomic E-state index is 0. The van der Waals surface area contributed by atoms with Gasteiger partial charge in [0.15, 0.2) is 0 Å². The fraction of sp³-hybridized carbons (Fsp3) is 0.909. The Kier molecular flexibility index (Phi) is 32.7. The third kappa shape index (κ3) is 34.0. The van der Waals surface area contributed by atoms with Crippen molar-refractivity contribution in [3.63, 3.8) is 0 Å². The fourth-order valence-corrected chi connectivity index (χ4v) is 2.73. The molecule has 0 amide bonds. The van der Waals surface area contributed by atoms with Crippen LogP contribution in [0.25, 0.3) is 0 Å². The molecule has 0 unspecified atom stereocenters. The summed E-state index contributed by atoms with van der Waals surface area (Å²) < 4.78 is 10.0. The van der Waals surface area contributed by atoms with Gasteiger partial charge in [0.1, 0.15) is 0 Å². The maximum absolute atomic E-state index is 10.9. The van der Waals surface area contributed by atoms with E-state index in [0.717, 1.165) is 37.5 Å². The Labute approximate surface area is 234 Å². The van der Waals surface area contributed by atoms with Crippen molar-refractivity contribution in [3.8, 4) is 0 Å². The second kappa shape index (κ2) is 27.2. The van der Waals surface area contributed by atoms with E-state index in [-0.39, 0.29) is 63.7 Å². The molecule has 0 saturated carbocycles. The number of hydrogen-bond donors (Lipinski definition) is 2. The number of unbranched alkanes of at least 4 members (excludes halogenated alkanes) is 4. The molecule has 4 nitrogen and oxygen atoms in total. The molecule has 0 aliphatic heterocycles. The number of ether oxygens (including phenoxy) is 2. The Morgan fingerprint density at radius 2 is 1.03 bits per heavy atom. The van der Waals surface area contributed by atoms with E-state index in [9.17, 15) is 9.59 Å². The second-order valence-electron chi connectivity index (χ2n) is 7.87. The van der Waals surface area contributed by atoms with E-state index in [1.54, 1.807) is 0 Å². The second-order valence-corrected chi connectivity index (χ2v) is 8.77. The van der Waals surface area contributed by atoms with Crippen molar-refractivity contribution in [2.75, 3.05) is 24.7 Å². The summed E-state index contributed by atoms with van der Waals surface area (Å²) >= 11 is 7.92. The number of thiol groups is 2. The molecule has 172 valence electrons. The normalized spacial score (nSPS) is 10.2. The van der Waals surface area contributed by atoms with Crippen LogP contribution in [0, 0.1) is 11.8 Å². The van der Waals surface area contributed by atoms with Gasteiger partial charge >= 0.3 is 60.8 Å². The molecular weight excluding hydrogens is 530 g/mol. The average molecular weight is 576 g/mol. The maximum Gasteiger partial charge on any atom is 2.00 e. The predicted octanol–water partition coefficient (Wildman–Crippen LogP) is 5.98. The summed E-state index contributed by atoms with van der Waals surface area (Å²) in [5, 5.41) is 0. The van der Waals surface area contributed by atoms with Crippen molar-refractivity contribution in [1.82, 2.24) is 0 Å². The van der Waals surface area contributed by atoms with Gasteiger partial charge in [-0.25, -0.2) is 0 Å². The smallest absolute Gasteiger partial charge is 1.00 e. The quantitative estimate of drug-likeness (QED) is 0.103. The number of carbonyl (C=O) groups excluding carboxylic acids is 2. The summed E-state index contributed by atoms with van der Waals surface area (Å²) in [7, 11) is 0. The van der Waals surface area contributed by atoms with Crippen LogP contribution < -0.4 is 0 Å². The van der Waals surface area contributed by atoms with Gasteiger partial charge in [0.25, 0.3) is 0 Å². The van der Waals surface area contributed by atoms with Crippen LogP contribution in [0.4, 0.5) is 0 Å². The first-order valence-electron chi connectivity index (χ1n) is 10.9. The zero-order valence-corrected chi connectivity index (χ0v) is 25.5. The van der Waals surface area contributed by atoms with E-state index >= 15 is 0 Å². The van der Waals surface area contributed by atoms with Gasteiger partial charge in [-0.3, -0.25) is 9.59 Å². The summed E-state index contributed by atoms with van der Waals surface area (Å²) in [6.45, 7) is 10.1. The Balaban J connectivity index is -0.000000133. The molecule has 0 N–H and O–H groups in total. The van der Waals surface area contributed by atoms with E-state index in [2.05, 4.69) is 53.0 Å². The van der Waals surface area contributed by atoms with Crippen LogP contribution in [0.5, 0.6) is 0 Å². The molecule has 29 heavy (non-hydrogen) atoms. The van der Waals surface area contributed by atoms with Gasteiger partial charge in [-0.15, -0.1) is 0 Å². The van der Waals surface area contributed by atoms with E-state index in [4.69, 9.17) is 9.47 Å². The molecule has 0 rings (SSSR count). The Bertz CT molecular complexity index is 343. The third-order valence-electron chi connectivity index (χ3n) is 4.01. The van der Waals surface area contributed by atoms with Crippen molar-refractivity contribution in [2.45, 2.75) is 91.9 Å². The third-order valence-corrected chi connectivity index (χ3v) is 4.46. The minimum atomic E-state index is -0.121. The number of esters is 2. The molecule has 0 saturated heterocycles. The van der Waals surface area contributed by atoms with Crippen LogP contribution in [-0.2, 0) is 19.1 Å². The van der Waals surface area contributed by atoms with Gasteiger partial charge in [0, 0.05) is 11.5 Å². The van der Waals surface area contributed by atoms with Crippen molar-refractivity contribution in [1.29, 1.82) is 0 Å². The van der Waals surface area contributed by atoms with Crippen LogP contribution in [0.1, 0.15) is 94.8 Å². The molecule has 7 heteroatoms. The summed E-state index contributed by atoms with van der Waals surface area (Å²) in [5.74, 6) is 2.47. The van der Waals surface area contributed by atoms with Gasteiger partial charge < -0.3 is 12.3 Å². The number of carbonyl (C=O) groups is 2. The zero-order chi connectivity index (χ0) is 21.6. The molecule has 0 atom stereocenters. The van der Waals surface area contributed by atoms with Gasteiger partial charge in [-0.05, 0) is 24.7 Å². The van der Waals surface area contributed by atoms with Crippen molar-refractivity contribution < 1.29 is 21.9 Å². The molecule has 0 aromatic heterocycles. The van der Waals surface area contributed by atoms with Crippen molar-refractivity contribution in [2.24, 2.45) is 11.8 Å². The summed E-state index contributed by atoms with van der Waals surface area (Å²) in [5.41, 5.74) is 0. The molecule has 0 fully saturated rings. The standard InChI is InChI=1S/2C11H22O2S.Ba.2H/c2*1-10(2)6-4-3-5-8-13-11(12)7-9-14;;;/h2*10,14H,3-9H2,1-2H3;;;/q;;+2;2*-1. The minimum Gasteiger partial charge on any atom is -1.00 e. The Morgan fingerprint density at radius 1 is 0.690 bits per heavy atom. The summed E-state index contributed by atoms with van der Waals surface area (Å²) in [6, 6.07) is 0. The van der Waals surface area contributed by atoms with Crippen LogP contribution in [0.15, 0.2) is 0 Å². The fourth-order valence-electron chi connectivity index (χ4n) is 2.36. The van der Waals surface area contributed by atoms with E-state index in [0.29, 0.717) is 37.6 Å². The van der Waals surface area contributed by atoms with Gasteiger partial charge in [-0.2, -0.15) is 25.3 Å². The number of hydrogen-bond acceptors (Lipinski definition) is 6. The van der Waals surface area contributed by atoms with Gasteiger partial charge in [-0.1, -0.05) is 66.2 Å². The maximum atomic E-state index is 10.9. The molecule has 0 aromatic rings. The van der Waals surface area contributed by atoms with Crippen LogP contribution >= 0.6 is 25.3 Å². The predicted molar refractivity (Wildman–Crippen MR) is 133 cm³/mol. The molecular formula is C22H46BaO4S2. The molecule has 0 bridgehead atoms. The molecule has 0 aliphatic carbocycles. The van der Waals surface area contributed by atoms with Gasteiger partial charge in [0.05, 0.1) is 26.1 Å². The first kappa shape index (κ1) is 34.8. The summed E-state index contributed by atoms with van der Waals surface area (Å²) in [4.78, 5) is 21.8. The number of rotatable bonds is 16. The average Bonchev–Trinajstić information content (AvgIpc) is 2.61. The topological polar surface area (TPSA) is 52.6 Å². The SMILES string of the molecule is CC(C)CCCCCOC(=O)CCS.CC(C)CCCCCOC(=O)CCS.[Ba+2].[H-].[H-]. The van der Waals surface area contributed by atoms with Crippen LogP contribution in [0.3, 0.4) is 0 Å². The van der Waals surface area contributed by atoms with Gasteiger partial charge in [0.2, 0.25) is 0 Å². The molecule has 0 aliphatic rings. The molecule has 0 spiro atoms. The van der Waals surface area contributed by atoms with Crippen molar-refractivity contribution in [3.05, 3.63) is 0 Å². The first-order chi connectivity index (χ1) is 13.3. The van der Waals surface area contributed by atoms with E-state index < -0.39 is 0 Å². The van der Waals surface area contributed by atoms with E-state index in [1.165, 1.54) is 25.7 Å². The molecule has 0 aromatic carbocycles. The van der Waals surface area contributed by atoms with Crippen LogP contribution in [0.2, 0.25) is 0 Å². The molecule has 0 heterocycles. The van der Waals surface area contributed by atoms with Crippen LogP contribution in [-0.4, -0.2) is 85.5 Å². The monoisotopic (exact) mass is 576 g/mol. The first-order valence-corrected chi connectivity index (χ1v) is 12.1. The molecule has 0 radical (unpaired) electrons.